The number of carbonyl (C=O) groups excluding carboxylic acids is 4. The lowest BCUT2D eigenvalue weighted by Crippen LogP contribution is -2.23. The number of anilines is 6. The molecule has 0 saturated carbocycles. The Balaban J connectivity index is 1.00. The quantitative estimate of drug-likeness (QED) is 0.0349. The van der Waals surface area contributed by atoms with E-state index in [4.69, 9.17) is 18.9 Å². The summed E-state index contributed by atoms with van der Waals surface area (Å²) in [7, 11) is 0. The summed E-state index contributed by atoms with van der Waals surface area (Å²) in [5.74, 6) is -0.969. The molecule has 4 unspecified atom stereocenters. The van der Waals surface area contributed by atoms with E-state index in [1.165, 1.54) is 6.92 Å². The summed E-state index contributed by atoms with van der Waals surface area (Å²) in [6.45, 7) is 7.80. The second-order valence-electron chi connectivity index (χ2n) is 21.9. The number of benzene rings is 8. The lowest BCUT2D eigenvalue weighted by atomic mass is 9.86. The van der Waals surface area contributed by atoms with E-state index in [0.29, 0.717) is 44.9 Å². The van der Waals surface area contributed by atoms with Gasteiger partial charge in [0.05, 0.1) is 11.4 Å². The SMILES string of the molecule is CCCCCC(=O)OC1CCC(OC(C)=O)c2cc(N(c3ccc(-c4ccc(N(c5ccc6c(c5)C(OC(=O)CCCCC)CCC6OC(=O)CCCCC)c5cccc6ccccc56)cc4)cc3)c3cccc4ccccc34)ccc21. The fourth-order valence-corrected chi connectivity index (χ4v) is 11.9. The highest BCUT2D eigenvalue weighted by Crippen LogP contribution is 2.48. The molecule has 422 valence electrons. The molecule has 0 heterocycles. The van der Waals surface area contributed by atoms with Crippen molar-refractivity contribution in [1.29, 1.82) is 0 Å². The Morgan fingerprint density at radius 3 is 1.10 bits per heavy atom. The summed E-state index contributed by atoms with van der Waals surface area (Å²) in [6, 6.07) is 59.2. The van der Waals surface area contributed by atoms with Gasteiger partial charge >= 0.3 is 23.9 Å². The minimum Gasteiger partial charge on any atom is -0.458 e. The van der Waals surface area contributed by atoms with Gasteiger partial charge in [0.2, 0.25) is 0 Å². The molecule has 0 bridgehead atoms. The molecule has 2 aliphatic rings. The molecule has 0 radical (unpaired) electrons. The van der Waals surface area contributed by atoms with E-state index in [-0.39, 0.29) is 23.9 Å². The molecule has 0 aliphatic heterocycles. The number of fused-ring (bicyclic) bond motifs is 4. The van der Waals surface area contributed by atoms with Crippen LogP contribution in [0.3, 0.4) is 0 Å². The summed E-state index contributed by atoms with van der Waals surface area (Å²) < 4.78 is 24.6. The molecule has 0 spiro atoms. The highest BCUT2D eigenvalue weighted by atomic mass is 16.6. The normalized spacial score (nSPS) is 16.4. The fraction of sp³-hybridized carbons (Fsp3) is 0.333. The molecule has 10 heteroatoms. The van der Waals surface area contributed by atoms with E-state index >= 15 is 0 Å². The van der Waals surface area contributed by atoms with Crippen LogP contribution in [0.1, 0.15) is 177 Å². The summed E-state index contributed by atoms with van der Waals surface area (Å²) in [5, 5.41) is 4.36. The van der Waals surface area contributed by atoms with Gasteiger partial charge in [0.15, 0.2) is 0 Å². The standard InChI is InChI=1S/C72H76N2O8/c1-5-8-11-28-70(76)80-66-43-45-68(79-49(4)75)62-47-56(39-41-60(62)66)73(64-26-18-22-52-20-14-16-24-58(52)64)54-35-31-50(32-36-54)51-33-37-55(38-34-51)74(65-27-19-23-53-21-15-17-25-59(53)65)57-40-42-61-63(48-57)69(82-72(78)30-13-10-7-3)46-44-67(61)81-71(77)29-12-9-6-2/h14-27,31-42,47-48,66-69H,5-13,28-30,43-46H2,1-4H3. The van der Waals surface area contributed by atoms with Gasteiger partial charge in [-0.2, -0.15) is 0 Å². The fourth-order valence-electron chi connectivity index (χ4n) is 11.9. The van der Waals surface area contributed by atoms with E-state index in [9.17, 15) is 19.2 Å². The molecule has 10 nitrogen and oxygen atoms in total. The molecule has 0 fully saturated rings. The molecule has 0 aromatic heterocycles. The van der Waals surface area contributed by atoms with Crippen molar-refractivity contribution in [2.75, 3.05) is 9.80 Å². The number of nitrogens with zero attached hydrogens (tertiary/aromatic N) is 2. The van der Waals surface area contributed by atoms with Crippen LogP contribution in [-0.4, -0.2) is 23.9 Å². The maximum absolute atomic E-state index is 13.4. The van der Waals surface area contributed by atoms with Crippen molar-refractivity contribution in [2.24, 2.45) is 0 Å². The lowest BCUT2D eigenvalue weighted by Gasteiger charge is -2.33. The first-order valence-electron chi connectivity index (χ1n) is 29.9. The van der Waals surface area contributed by atoms with Crippen LogP contribution in [0, 0.1) is 0 Å². The number of hydrogen-bond acceptors (Lipinski definition) is 10. The first kappa shape index (κ1) is 57.0. The van der Waals surface area contributed by atoms with E-state index < -0.39 is 24.4 Å². The molecule has 8 aromatic rings. The van der Waals surface area contributed by atoms with Gasteiger partial charge in [0.25, 0.3) is 0 Å². The Bertz CT molecular complexity index is 3510. The van der Waals surface area contributed by atoms with Crippen molar-refractivity contribution in [2.45, 2.75) is 155 Å². The maximum atomic E-state index is 13.4. The Kier molecular flexibility index (Phi) is 18.8. The van der Waals surface area contributed by atoms with E-state index in [1.807, 2.05) is 12.1 Å². The van der Waals surface area contributed by atoms with Gasteiger partial charge in [0.1, 0.15) is 24.4 Å². The van der Waals surface area contributed by atoms with Crippen molar-refractivity contribution in [3.05, 3.63) is 192 Å². The van der Waals surface area contributed by atoms with Crippen LogP contribution < -0.4 is 9.80 Å². The summed E-state index contributed by atoms with van der Waals surface area (Å²) >= 11 is 0. The third-order valence-corrected chi connectivity index (χ3v) is 16.1. The van der Waals surface area contributed by atoms with Crippen LogP contribution in [0.2, 0.25) is 0 Å². The number of ether oxygens (including phenoxy) is 4. The van der Waals surface area contributed by atoms with E-state index in [2.05, 4.69) is 188 Å². The van der Waals surface area contributed by atoms with Crippen LogP contribution in [0.5, 0.6) is 0 Å². The number of unbranched alkanes of at least 4 members (excludes halogenated alkanes) is 6. The average Bonchev–Trinajstić information content (AvgIpc) is 3.68. The molecular formula is C72H76N2O8. The van der Waals surface area contributed by atoms with Gasteiger partial charge in [-0.25, -0.2) is 0 Å². The van der Waals surface area contributed by atoms with Gasteiger partial charge in [-0.05, 0) is 139 Å². The molecule has 8 aromatic carbocycles. The molecule has 0 amide bonds. The van der Waals surface area contributed by atoms with Crippen LogP contribution in [0.25, 0.3) is 32.7 Å². The zero-order valence-electron chi connectivity index (χ0n) is 47.9. The van der Waals surface area contributed by atoms with Gasteiger partial charge < -0.3 is 28.7 Å². The van der Waals surface area contributed by atoms with Crippen molar-refractivity contribution >= 4 is 79.5 Å². The van der Waals surface area contributed by atoms with Gasteiger partial charge in [-0.15, -0.1) is 0 Å². The molecule has 2 aliphatic carbocycles. The smallest absolute Gasteiger partial charge is 0.306 e. The highest BCUT2D eigenvalue weighted by molar-refractivity contribution is 6.00. The average molecular weight is 1100 g/mol. The Labute approximate surface area is 483 Å². The van der Waals surface area contributed by atoms with Crippen molar-refractivity contribution < 1.29 is 38.1 Å². The van der Waals surface area contributed by atoms with Crippen molar-refractivity contribution in [1.82, 2.24) is 0 Å². The Morgan fingerprint density at radius 1 is 0.378 bits per heavy atom. The summed E-state index contributed by atoms with van der Waals surface area (Å²) in [6.07, 6.45) is 9.81. The Hall–Kier alpha value is -8.24. The molecule has 10 rings (SSSR count). The number of esters is 4. The summed E-state index contributed by atoms with van der Waals surface area (Å²) in [4.78, 5) is 56.8. The first-order chi connectivity index (χ1) is 40.1. The van der Waals surface area contributed by atoms with Crippen LogP contribution in [-0.2, 0) is 38.1 Å². The zero-order chi connectivity index (χ0) is 57.0. The largest absolute Gasteiger partial charge is 0.458 e. The predicted octanol–water partition coefficient (Wildman–Crippen LogP) is 19.3. The third kappa shape index (κ3) is 13.2. The third-order valence-electron chi connectivity index (χ3n) is 16.1. The van der Waals surface area contributed by atoms with Crippen LogP contribution in [0.4, 0.5) is 34.1 Å². The number of rotatable bonds is 23. The van der Waals surface area contributed by atoms with Crippen molar-refractivity contribution in [3.8, 4) is 11.1 Å². The van der Waals surface area contributed by atoms with Gasteiger partial charge in [0, 0.05) is 70.8 Å². The van der Waals surface area contributed by atoms with E-state index in [0.717, 1.165) is 147 Å². The zero-order valence-corrected chi connectivity index (χ0v) is 47.9. The minimum atomic E-state index is -0.489. The topological polar surface area (TPSA) is 112 Å². The molecule has 82 heavy (non-hydrogen) atoms. The first-order valence-corrected chi connectivity index (χ1v) is 29.9. The maximum Gasteiger partial charge on any atom is 0.306 e. The van der Waals surface area contributed by atoms with Crippen LogP contribution in [0.15, 0.2) is 170 Å². The molecule has 0 saturated heterocycles. The minimum absolute atomic E-state index is 0.198. The number of carbonyl (C=O) groups is 4. The van der Waals surface area contributed by atoms with Crippen molar-refractivity contribution in [3.63, 3.8) is 0 Å². The van der Waals surface area contributed by atoms with E-state index in [1.54, 1.807) is 0 Å². The highest BCUT2D eigenvalue weighted by Gasteiger charge is 2.35. The second kappa shape index (κ2) is 27.0. The molecular weight excluding hydrogens is 1020 g/mol. The lowest BCUT2D eigenvalue weighted by molar-refractivity contribution is -0.156. The number of hydrogen-bond donors (Lipinski definition) is 0. The van der Waals surface area contributed by atoms with Gasteiger partial charge in [-0.3, -0.25) is 19.2 Å². The second-order valence-corrected chi connectivity index (χ2v) is 21.9. The molecule has 0 N–H and O–H groups in total. The van der Waals surface area contributed by atoms with Gasteiger partial charge in [-0.1, -0.05) is 168 Å². The summed E-state index contributed by atoms with van der Waals surface area (Å²) in [5.41, 5.74) is 11.1. The Morgan fingerprint density at radius 2 is 0.720 bits per heavy atom. The predicted molar refractivity (Wildman–Crippen MR) is 328 cm³/mol. The monoisotopic (exact) mass is 1100 g/mol. The van der Waals surface area contributed by atoms with Crippen LogP contribution >= 0.6 is 0 Å². The molecule has 4 atom stereocenters.